The lowest BCUT2D eigenvalue weighted by molar-refractivity contribution is 0.265. The molecule has 0 saturated heterocycles. The van der Waals surface area contributed by atoms with Crippen LogP contribution in [0.3, 0.4) is 0 Å². The van der Waals surface area contributed by atoms with Gasteiger partial charge in [0.2, 0.25) is 0 Å². The summed E-state index contributed by atoms with van der Waals surface area (Å²) < 4.78 is 2.44. The van der Waals surface area contributed by atoms with Crippen LogP contribution < -0.4 is 0 Å². The molecule has 0 aliphatic heterocycles. The van der Waals surface area contributed by atoms with E-state index in [9.17, 15) is 0 Å². The van der Waals surface area contributed by atoms with E-state index in [1.165, 1.54) is 44.3 Å². The molecule has 0 bridgehead atoms. The third-order valence-electron chi connectivity index (χ3n) is 4.01. The number of hydrogen-bond donors (Lipinski definition) is 0. The van der Waals surface area contributed by atoms with E-state index in [1.807, 2.05) is 6.20 Å². The van der Waals surface area contributed by atoms with E-state index in [4.69, 9.17) is 0 Å². The Hall–Kier alpha value is -0.790. The summed E-state index contributed by atoms with van der Waals surface area (Å²) in [5, 5.41) is 0. The predicted molar refractivity (Wildman–Crippen MR) is 67.5 cm³/mol. The lowest BCUT2D eigenvalue weighted by Crippen LogP contribution is -2.19. The van der Waals surface area contributed by atoms with Crippen molar-refractivity contribution in [3.63, 3.8) is 0 Å². The van der Waals surface area contributed by atoms with Crippen molar-refractivity contribution >= 4 is 0 Å². The standard InChI is InChI=1S/C14H24N2/c1-3-5-14-15-10-11-16(14)13-8-6-12(4-2)7-9-13/h10-13H,3-9H2,1-2H3. The number of aryl methyl sites for hydroxylation is 1. The molecule has 2 rings (SSSR count). The van der Waals surface area contributed by atoms with Gasteiger partial charge in [0.05, 0.1) is 0 Å². The molecule has 0 atom stereocenters. The zero-order valence-corrected chi connectivity index (χ0v) is 10.7. The first-order chi connectivity index (χ1) is 7.85. The van der Waals surface area contributed by atoms with Crippen LogP contribution in [-0.2, 0) is 6.42 Å². The van der Waals surface area contributed by atoms with Crippen molar-refractivity contribution in [1.29, 1.82) is 0 Å². The van der Waals surface area contributed by atoms with Crippen LogP contribution in [0.15, 0.2) is 12.4 Å². The summed E-state index contributed by atoms with van der Waals surface area (Å²) in [4.78, 5) is 4.48. The van der Waals surface area contributed by atoms with Crippen molar-refractivity contribution in [3.05, 3.63) is 18.2 Å². The SMILES string of the molecule is CCCc1nccn1C1CCC(CC)CC1. The van der Waals surface area contributed by atoms with Crippen LogP contribution in [0.1, 0.15) is 64.2 Å². The summed E-state index contributed by atoms with van der Waals surface area (Å²) in [7, 11) is 0. The average molecular weight is 220 g/mol. The van der Waals surface area contributed by atoms with E-state index in [-0.39, 0.29) is 0 Å². The molecule has 90 valence electrons. The molecule has 0 unspecified atom stereocenters. The number of imidazole rings is 1. The minimum Gasteiger partial charge on any atom is -0.332 e. The molecular weight excluding hydrogens is 196 g/mol. The Bertz CT molecular complexity index is 308. The summed E-state index contributed by atoms with van der Waals surface area (Å²) in [5.74, 6) is 2.27. The third-order valence-corrected chi connectivity index (χ3v) is 4.01. The Kier molecular flexibility index (Phi) is 4.03. The van der Waals surface area contributed by atoms with Crippen LogP contribution in [0.5, 0.6) is 0 Å². The van der Waals surface area contributed by atoms with Gasteiger partial charge in [0.15, 0.2) is 0 Å². The zero-order valence-electron chi connectivity index (χ0n) is 10.7. The van der Waals surface area contributed by atoms with Crippen LogP contribution in [-0.4, -0.2) is 9.55 Å². The molecule has 0 aromatic carbocycles. The summed E-state index contributed by atoms with van der Waals surface area (Å²) in [5.41, 5.74) is 0. The molecule has 1 saturated carbocycles. The Balaban J connectivity index is 1.99. The summed E-state index contributed by atoms with van der Waals surface area (Å²) in [6.45, 7) is 4.55. The molecule has 1 aromatic rings. The van der Waals surface area contributed by atoms with E-state index in [2.05, 4.69) is 29.6 Å². The van der Waals surface area contributed by atoms with Crippen LogP contribution in [0.2, 0.25) is 0 Å². The van der Waals surface area contributed by atoms with Gasteiger partial charge < -0.3 is 4.57 Å². The van der Waals surface area contributed by atoms with Crippen LogP contribution in [0, 0.1) is 5.92 Å². The van der Waals surface area contributed by atoms with Gasteiger partial charge in [-0.3, -0.25) is 0 Å². The maximum atomic E-state index is 4.48. The Morgan fingerprint density at radius 2 is 2.00 bits per heavy atom. The van der Waals surface area contributed by atoms with Gasteiger partial charge in [-0.1, -0.05) is 20.3 Å². The van der Waals surface area contributed by atoms with Crippen LogP contribution in [0.4, 0.5) is 0 Å². The lowest BCUT2D eigenvalue weighted by Gasteiger charge is -2.29. The largest absolute Gasteiger partial charge is 0.332 e. The first-order valence-electron chi connectivity index (χ1n) is 6.86. The van der Waals surface area contributed by atoms with E-state index < -0.39 is 0 Å². The van der Waals surface area contributed by atoms with Crippen molar-refractivity contribution in [2.75, 3.05) is 0 Å². The van der Waals surface area contributed by atoms with Gasteiger partial charge >= 0.3 is 0 Å². The van der Waals surface area contributed by atoms with E-state index in [0.717, 1.165) is 18.4 Å². The molecule has 1 aliphatic carbocycles. The second kappa shape index (κ2) is 5.51. The molecule has 16 heavy (non-hydrogen) atoms. The Morgan fingerprint density at radius 3 is 2.62 bits per heavy atom. The Labute approximate surface area is 99.1 Å². The highest BCUT2D eigenvalue weighted by Gasteiger charge is 2.22. The van der Waals surface area contributed by atoms with Crippen molar-refractivity contribution in [2.45, 2.75) is 64.8 Å². The minimum atomic E-state index is 0.729. The van der Waals surface area contributed by atoms with Gasteiger partial charge in [-0.15, -0.1) is 0 Å². The first-order valence-corrected chi connectivity index (χ1v) is 6.86. The van der Waals surface area contributed by atoms with Crippen molar-refractivity contribution in [3.8, 4) is 0 Å². The minimum absolute atomic E-state index is 0.729. The van der Waals surface area contributed by atoms with Gasteiger partial charge in [0, 0.05) is 24.9 Å². The molecule has 1 fully saturated rings. The van der Waals surface area contributed by atoms with E-state index >= 15 is 0 Å². The number of nitrogens with zero attached hydrogens (tertiary/aromatic N) is 2. The molecule has 0 radical (unpaired) electrons. The fourth-order valence-corrected chi connectivity index (χ4v) is 2.92. The zero-order chi connectivity index (χ0) is 11.4. The highest BCUT2D eigenvalue weighted by molar-refractivity contribution is 4.96. The second-order valence-electron chi connectivity index (χ2n) is 5.08. The number of aromatic nitrogens is 2. The fourth-order valence-electron chi connectivity index (χ4n) is 2.92. The van der Waals surface area contributed by atoms with Gasteiger partial charge in [0.25, 0.3) is 0 Å². The highest BCUT2D eigenvalue weighted by atomic mass is 15.1. The molecule has 1 aromatic heterocycles. The molecular formula is C14H24N2. The number of hydrogen-bond acceptors (Lipinski definition) is 1. The highest BCUT2D eigenvalue weighted by Crippen LogP contribution is 2.34. The molecule has 0 N–H and O–H groups in total. The lowest BCUT2D eigenvalue weighted by atomic mass is 9.84. The number of rotatable bonds is 4. The van der Waals surface area contributed by atoms with Crippen molar-refractivity contribution < 1.29 is 0 Å². The second-order valence-corrected chi connectivity index (χ2v) is 5.08. The summed E-state index contributed by atoms with van der Waals surface area (Å²) in [6, 6.07) is 0.729. The van der Waals surface area contributed by atoms with Gasteiger partial charge in [0.1, 0.15) is 5.82 Å². The van der Waals surface area contributed by atoms with Crippen LogP contribution in [0.25, 0.3) is 0 Å². The van der Waals surface area contributed by atoms with Gasteiger partial charge in [-0.05, 0) is 38.0 Å². The van der Waals surface area contributed by atoms with E-state index in [1.54, 1.807) is 0 Å². The smallest absolute Gasteiger partial charge is 0.108 e. The van der Waals surface area contributed by atoms with E-state index in [0.29, 0.717) is 0 Å². The Morgan fingerprint density at radius 1 is 1.25 bits per heavy atom. The molecule has 1 heterocycles. The van der Waals surface area contributed by atoms with Crippen LogP contribution >= 0.6 is 0 Å². The van der Waals surface area contributed by atoms with Gasteiger partial charge in [-0.25, -0.2) is 4.98 Å². The summed E-state index contributed by atoms with van der Waals surface area (Å²) >= 11 is 0. The molecule has 1 aliphatic rings. The maximum absolute atomic E-state index is 4.48. The predicted octanol–water partition coefficient (Wildman–Crippen LogP) is 3.98. The quantitative estimate of drug-likeness (QED) is 0.750. The first kappa shape index (κ1) is 11.7. The van der Waals surface area contributed by atoms with Gasteiger partial charge in [-0.2, -0.15) is 0 Å². The van der Waals surface area contributed by atoms with Crippen molar-refractivity contribution in [1.82, 2.24) is 9.55 Å². The maximum Gasteiger partial charge on any atom is 0.108 e. The molecule has 0 spiro atoms. The average Bonchev–Trinajstić information content (AvgIpc) is 2.78. The van der Waals surface area contributed by atoms with Crippen molar-refractivity contribution in [2.24, 2.45) is 5.92 Å². The molecule has 0 amide bonds. The molecule has 2 heteroatoms. The fraction of sp³-hybridized carbons (Fsp3) is 0.786. The summed E-state index contributed by atoms with van der Waals surface area (Å²) in [6.07, 6.45) is 13.4. The monoisotopic (exact) mass is 220 g/mol. The third kappa shape index (κ3) is 2.47. The topological polar surface area (TPSA) is 17.8 Å². The molecule has 2 nitrogen and oxygen atoms in total. The normalized spacial score (nSPS) is 25.9.